The molecule has 1 aromatic carbocycles. The monoisotopic (exact) mass is 327 g/mol. The summed E-state index contributed by atoms with van der Waals surface area (Å²) in [4.78, 5) is 30.7. The minimum atomic E-state index is -0.157. The number of hydrogen-bond donors (Lipinski definition) is 0. The second-order valence-electron chi connectivity index (χ2n) is 5.91. The maximum atomic E-state index is 12.2. The van der Waals surface area contributed by atoms with Crippen molar-refractivity contribution >= 4 is 23.2 Å². The molecule has 0 radical (unpaired) electrons. The van der Waals surface area contributed by atoms with Crippen LogP contribution >= 0.6 is 11.3 Å². The first-order valence-corrected chi connectivity index (χ1v) is 8.76. The molecule has 1 aliphatic carbocycles. The smallest absolute Gasteiger partial charge is 0.323 e. The van der Waals surface area contributed by atoms with Gasteiger partial charge in [-0.3, -0.25) is 9.36 Å². The van der Waals surface area contributed by atoms with Crippen LogP contribution in [-0.2, 0) is 6.42 Å². The van der Waals surface area contributed by atoms with Crippen molar-refractivity contribution in [2.75, 3.05) is 13.1 Å². The van der Waals surface area contributed by atoms with Crippen molar-refractivity contribution < 1.29 is 9.59 Å². The zero-order valence-electron chi connectivity index (χ0n) is 12.7. The van der Waals surface area contributed by atoms with Gasteiger partial charge in [-0.2, -0.15) is 4.99 Å². The molecule has 1 aliphatic heterocycles. The number of amides is 2. The zero-order valence-corrected chi connectivity index (χ0v) is 13.5. The topological polar surface area (TPSA) is 54.7 Å². The molecule has 2 amide bonds. The summed E-state index contributed by atoms with van der Waals surface area (Å²) in [6.07, 6.45) is 5.43. The van der Waals surface area contributed by atoms with E-state index in [1.165, 1.54) is 11.3 Å². The maximum Gasteiger partial charge on any atom is 0.346 e. The molecular weight excluding hydrogens is 310 g/mol. The quantitative estimate of drug-likeness (QED) is 0.809. The fraction of sp³-hybridized carbons (Fsp3) is 0.353. The van der Waals surface area contributed by atoms with Crippen molar-refractivity contribution in [1.29, 1.82) is 0 Å². The fourth-order valence-electron chi connectivity index (χ4n) is 3.20. The van der Waals surface area contributed by atoms with Gasteiger partial charge in [0, 0.05) is 42.3 Å². The van der Waals surface area contributed by atoms with Crippen LogP contribution in [0.15, 0.2) is 34.8 Å². The Hall–Kier alpha value is -2.21. The lowest BCUT2D eigenvalue weighted by molar-refractivity contribution is 0.0994. The number of likely N-dealkylation sites (tertiary alicyclic amines) is 1. The van der Waals surface area contributed by atoms with Gasteiger partial charge in [-0.1, -0.05) is 0 Å². The number of carbonyl (C=O) groups is 2. The minimum absolute atomic E-state index is 0.157. The number of nitrogens with zero attached hydrogens (tertiary/aromatic N) is 3. The largest absolute Gasteiger partial charge is 0.346 e. The maximum absolute atomic E-state index is 12.2. The lowest BCUT2D eigenvalue weighted by Crippen LogP contribution is -2.27. The van der Waals surface area contributed by atoms with Crippen molar-refractivity contribution in [1.82, 2.24) is 9.47 Å². The molecule has 0 saturated carbocycles. The summed E-state index contributed by atoms with van der Waals surface area (Å²) < 4.78 is 1.92. The predicted octanol–water partition coefficient (Wildman–Crippen LogP) is 2.78. The number of rotatable bonds is 1. The van der Waals surface area contributed by atoms with E-state index in [4.69, 9.17) is 0 Å². The molecular formula is C17H17N3O2S. The van der Waals surface area contributed by atoms with Gasteiger partial charge in [-0.15, -0.1) is 11.3 Å². The van der Waals surface area contributed by atoms with Gasteiger partial charge in [0.05, 0.1) is 0 Å². The Balaban J connectivity index is 1.70. The third-order valence-corrected chi connectivity index (χ3v) is 5.20. The number of thiazole rings is 1. The molecule has 118 valence electrons. The molecule has 0 bridgehead atoms. The number of aryl methyl sites for hydroxylation is 1. The summed E-state index contributed by atoms with van der Waals surface area (Å²) in [5, 5.41) is 1.93. The summed E-state index contributed by atoms with van der Waals surface area (Å²) in [5.41, 5.74) is 2.87. The Labute approximate surface area is 137 Å². The summed E-state index contributed by atoms with van der Waals surface area (Å²) >= 11 is 1.45. The molecule has 0 spiro atoms. The Morgan fingerprint density at radius 1 is 1.17 bits per heavy atom. The van der Waals surface area contributed by atoms with Gasteiger partial charge >= 0.3 is 6.03 Å². The second-order valence-corrected chi connectivity index (χ2v) is 6.78. The third-order valence-electron chi connectivity index (χ3n) is 4.45. The summed E-state index contributed by atoms with van der Waals surface area (Å²) in [6.45, 7) is 1.60. The Kier molecular flexibility index (Phi) is 3.61. The first kappa shape index (κ1) is 14.4. The molecule has 1 aromatic heterocycles. The van der Waals surface area contributed by atoms with E-state index >= 15 is 0 Å². The van der Waals surface area contributed by atoms with Gasteiger partial charge in [0.15, 0.2) is 10.6 Å². The van der Waals surface area contributed by atoms with Crippen LogP contribution < -0.4 is 4.80 Å². The molecule has 23 heavy (non-hydrogen) atoms. The summed E-state index contributed by atoms with van der Waals surface area (Å²) in [6, 6.07) is 5.69. The van der Waals surface area contributed by atoms with E-state index in [0.29, 0.717) is 11.2 Å². The highest BCUT2D eigenvalue weighted by molar-refractivity contribution is 7.07. The molecule has 0 N–H and O–H groups in total. The van der Waals surface area contributed by atoms with Crippen LogP contribution in [0.4, 0.5) is 4.79 Å². The second kappa shape index (κ2) is 5.77. The lowest BCUT2D eigenvalue weighted by atomic mass is 10.1. The first-order valence-electron chi connectivity index (χ1n) is 7.89. The van der Waals surface area contributed by atoms with Crippen molar-refractivity contribution in [2.24, 2.45) is 4.99 Å². The number of aromatic nitrogens is 1. The van der Waals surface area contributed by atoms with Crippen molar-refractivity contribution in [2.45, 2.75) is 25.7 Å². The number of carbonyl (C=O) groups excluding carboxylic acids is 2. The number of ketones is 1. The molecule has 1 fully saturated rings. The molecule has 0 unspecified atom stereocenters. The van der Waals surface area contributed by atoms with Crippen LogP contribution in [0.5, 0.6) is 0 Å². The van der Waals surface area contributed by atoms with Crippen LogP contribution in [-0.4, -0.2) is 34.4 Å². The van der Waals surface area contributed by atoms with Crippen LogP contribution in [0, 0.1) is 0 Å². The number of Topliss-reactive ketones (excluding diaryl/α,β-unsaturated/α-hetero) is 1. The van der Waals surface area contributed by atoms with E-state index in [1.54, 1.807) is 4.90 Å². The zero-order chi connectivity index (χ0) is 15.8. The molecule has 5 nitrogen and oxygen atoms in total. The van der Waals surface area contributed by atoms with Gasteiger partial charge in [0.2, 0.25) is 0 Å². The molecule has 1 saturated heterocycles. The van der Waals surface area contributed by atoms with E-state index in [-0.39, 0.29) is 11.8 Å². The van der Waals surface area contributed by atoms with E-state index in [2.05, 4.69) is 4.99 Å². The van der Waals surface area contributed by atoms with Gasteiger partial charge in [-0.25, -0.2) is 4.79 Å². The van der Waals surface area contributed by atoms with Crippen molar-refractivity contribution in [3.05, 3.63) is 45.7 Å². The average Bonchev–Trinajstić information content (AvgIpc) is 3.28. The highest BCUT2D eigenvalue weighted by Crippen LogP contribution is 2.24. The highest BCUT2D eigenvalue weighted by atomic mass is 32.1. The van der Waals surface area contributed by atoms with Crippen LogP contribution in [0.1, 0.15) is 35.2 Å². The van der Waals surface area contributed by atoms with E-state index < -0.39 is 0 Å². The number of hydrogen-bond acceptors (Lipinski definition) is 3. The summed E-state index contributed by atoms with van der Waals surface area (Å²) in [5.74, 6) is 0.219. The Bertz CT molecular complexity index is 844. The molecule has 6 heteroatoms. The van der Waals surface area contributed by atoms with Crippen LogP contribution in [0.25, 0.3) is 5.69 Å². The van der Waals surface area contributed by atoms with Gasteiger partial charge in [0.1, 0.15) is 0 Å². The van der Waals surface area contributed by atoms with Crippen molar-refractivity contribution in [3.8, 4) is 5.69 Å². The van der Waals surface area contributed by atoms with Crippen LogP contribution in [0.2, 0.25) is 0 Å². The highest BCUT2D eigenvalue weighted by Gasteiger charge is 2.20. The first-order chi connectivity index (χ1) is 11.2. The van der Waals surface area contributed by atoms with Crippen molar-refractivity contribution in [3.63, 3.8) is 0 Å². The third kappa shape index (κ3) is 2.63. The number of fused-ring (bicyclic) bond motifs is 1. The van der Waals surface area contributed by atoms with Gasteiger partial charge in [-0.05, 0) is 43.0 Å². The molecule has 4 rings (SSSR count). The lowest BCUT2D eigenvalue weighted by Gasteiger charge is -2.11. The number of benzene rings is 1. The normalized spacial score (nSPS) is 17.8. The molecule has 2 heterocycles. The Morgan fingerprint density at radius 3 is 2.83 bits per heavy atom. The van der Waals surface area contributed by atoms with E-state index in [1.807, 2.05) is 34.3 Å². The molecule has 2 aromatic rings. The standard InChI is InChI=1S/C17H17N3O2S/c21-15-6-3-12-11-13(4-5-14(12)15)20-9-10-23-17(20)18-16(22)19-7-1-2-8-19/h4-5,9-11H,1-3,6-8H2. The van der Waals surface area contributed by atoms with Gasteiger partial charge < -0.3 is 4.90 Å². The molecule has 2 aliphatic rings. The van der Waals surface area contributed by atoms with E-state index in [9.17, 15) is 9.59 Å². The van der Waals surface area contributed by atoms with Gasteiger partial charge in [0.25, 0.3) is 0 Å². The SMILES string of the molecule is O=C1CCc2cc(-n3ccsc3=NC(=O)N3CCCC3)ccc21. The minimum Gasteiger partial charge on any atom is -0.323 e. The molecule has 0 atom stereocenters. The van der Waals surface area contributed by atoms with E-state index in [0.717, 1.165) is 49.2 Å². The van der Waals surface area contributed by atoms with Crippen LogP contribution in [0.3, 0.4) is 0 Å². The number of urea groups is 1. The predicted molar refractivity (Wildman–Crippen MR) is 88.1 cm³/mol. The average molecular weight is 327 g/mol. The summed E-state index contributed by atoms with van der Waals surface area (Å²) in [7, 11) is 0. The fourth-order valence-corrected chi connectivity index (χ4v) is 3.92. The Morgan fingerprint density at radius 2 is 2.00 bits per heavy atom.